The van der Waals surface area contributed by atoms with Gasteiger partial charge in [0.2, 0.25) is 5.91 Å². The second-order valence-electron chi connectivity index (χ2n) is 26.0. The molecule has 2 atom stereocenters. The molecule has 1 amide bonds. The van der Waals surface area contributed by atoms with Crippen LogP contribution in [0.25, 0.3) is 0 Å². The lowest BCUT2D eigenvalue weighted by Gasteiger charge is -2.22. The van der Waals surface area contributed by atoms with Crippen molar-refractivity contribution in [1.29, 1.82) is 0 Å². The molecule has 0 radical (unpaired) electrons. The van der Waals surface area contributed by atoms with Gasteiger partial charge in [-0.3, -0.25) is 9.59 Å². The molecule has 0 spiro atoms. The predicted octanol–water partition coefficient (Wildman–Crippen LogP) is 24.3. The lowest BCUT2D eigenvalue weighted by atomic mass is 10.0. The van der Waals surface area contributed by atoms with Crippen LogP contribution in [0.5, 0.6) is 0 Å². The third kappa shape index (κ3) is 67.6. The van der Waals surface area contributed by atoms with Gasteiger partial charge in [-0.05, 0) is 51.4 Å². The van der Waals surface area contributed by atoms with Gasteiger partial charge >= 0.3 is 5.97 Å². The highest BCUT2D eigenvalue weighted by Gasteiger charge is 2.20. The molecule has 6 heteroatoms. The Morgan fingerprint density at radius 3 is 0.877 bits per heavy atom. The van der Waals surface area contributed by atoms with Gasteiger partial charge in [0.25, 0.3) is 0 Å². The van der Waals surface area contributed by atoms with Gasteiger partial charge in [0.1, 0.15) is 0 Å². The summed E-state index contributed by atoms with van der Waals surface area (Å²) in [7, 11) is 0. The molecule has 81 heavy (non-hydrogen) atoms. The van der Waals surface area contributed by atoms with E-state index in [1.807, 2.05) is 0 Å². The number of rotatable bonds is 71. The summed E-state index contributed by atoms with van der Waals surface area (Å²) < 4.78 is 5.51. The standard InChI is InChI=1S/C75H147NO5/c1-3-5-7-9-11-13-15-17-19-37-41-45-49-53-57-61-65-69-75(80)81-70-66-62-58-54-50-46-42-39-36-34-32-30-28-26-24-22-20-21-23-25-27-29-31-33-35-38-40-44-48-52-56-60-64-68-74(79)76-72(71-77)73(78)67-63-59-55-51-47-43-18-16-14-12-10-8-6-4-2/h24,26,72-73,77-78H,3-23,25,27-71H2,1-2H3,(H,76,79)/b26-24-. The van der Waals surface area contributed by atoms with E-state index in [0.717, 1.165) is 38.5 Å². The summed E-state index contributed by atoms with van der Waals surface area (Å²) in [6, 6.07) is -0.538. The zero-order valence-corrected chi connectivity index (χ0v) is 55.3. The van der Waals surface area contributed by atoms with E-state index in [1.54, 1.807) is 0 Å². The van der Waals surface area contributed by atoms with E-state index in [0.29, 0.717) is 25.9 Å². The number of aliphatic hydroxyl groups is 2. The van der Waals surface area contributed by atoms with Gasteiger partial charge in [0, 0.05) is 12.8 Å². The zero-order valence-electron chi connectivity index (χ0n) is 55.3. The molecule has 0 bridgehead atoms. The van der Waals surface area contributed by atoms with E-state index in [9.17, 15) is 19.8 Å². The molecule has 0 aliphatic carbocycles. The number of nitrogens with one attached hydrogen (secondary N) is 1. The fourth-order valence-corrected chi connectivity index (χ4v) is 12.1. The zero-order chi connectivity index (χ0) is 58.5. The normalized spacial score (nSPS) is 12.5. The summed E-state index contributed by atoms with van der Waals surface area (Å²) >= 11 is 0. The van der Waals surface area contributed by atoms with Crippen molar-refractivity contribution < 1.29 is 24.5 Å². The highest BCUT2D eigenvalue weighted by molar-refractivity contribution is 5.76. The van der Waals surface area contributed by atoms with Gasteiger partial charge < -0.3 is 20.3 Å². The van der Waals surface area contributed by atoms with Crippen LogP contribution in [0.2, 0.25) is 0 Å². The molecule has 0 aromatic carbocycles. The first-order chi connectivity index (χ1) is 40.0. The van der Waals surface area contributed by atoms with Gasteiger partial charge in [-0.15, -0.1) is 0 Å². The second kappa shape index (κ2) is 71.1. The Morgan fingerprint density at radius 1 is 0.333 bits per heavy atom. The topological polar surface area (TPSA) is 95.9 Å². The third-order valence-electron chi connectivity index (χ3n) is 17.8. The summed E-state index contributed by atoms with van der Waals surface area (Å²) in [4.78, 5) is 24.6. The van der Waals surface area contributed by atoms with E-state index >= 15 is 0 Å². The smallest absolute Gasteiger partial charge is 0.305 e. The van der Waals surface area contributed by atoms with Crippen molar-refractivity contribution in [3.63, 3.8) is 0 Å². The Hall–Kier alpha value is -1.40. The Bertz CT molecular complexity index is 1220. The van der Waals surface area contributed by atoms with Crippen molar-refractivity contribution in [2.75, 3.05) is 13.2 Å². The fraction of sp³-hybridized carbons (Fsp3) is 0.947. The SMILES string of the molecule is CCCCCCCCCCCCCCCCCCCC(=O)OCCCCCCCCCCCCCC/C=C\CCCCCCCCCCCCCCCCCCCC(=O)NC(CO)C(O)CCCCCCCCCCCCCCCC. The monoisotopic (exact) mass is 1140 g/mol. The first kappa shape index (κ1) is 79.6. The lowest BCUT2D eigenvalue weighted by Crippen LogP contribution is -2.45. The fourth-order valence-electron chi connectivity index (χ4n) is 12.1. The van der Waals surface area contributed by atoms with E-state index in [-0.39, 0.29) is 18.5 Å². The van der Waals surface area contributed by atoms with Gasteiger partial charge in [-0.2, -0.15) is 0 Å². The molecule has 0 saturated heterocycles. The largest absolute Gasteiger partial charge is 0.466 e. The van der Waals surface area contributed by atoms with Crippen molar-refractivity contribution in [2.24, 2.45) is 0 Å². The van der Waals surface area contributed by atoms with E-state index in [1.165, 1.54) is 360 Å². The summed E-state index contributed by atoms with van der Waals surface area (Å²) in [6.07, 6.45) is 88.6. The molecule has 0 heterocycles. The number of carbonyl (C=O) groups is 2. The third-order valence-corrected chi connectivity index (χ3v) is 17.8. The van der Waals surface area contributed by atoms with E-state index < -0.39 is 12.1 Å². The molecule has 0 aliphatic heterocycles. The van der Waals surface area contributed by atoms with Gasteiger partial charge in [-0.25, -0.2) is 0 Å². The van der Waals surface area contributed by atoms with Crippen molar-refractivity contribution in [2.45, 2.75) is 443 Å². The highest BCUT2D eigenvalue weighted by atomic mass is 16.5. The second-order valence-corrected chi connectivity index (χ2v) is 26.0. The first-order valence-corrected chi connectivity index (χ1v) is 37.4. The van der Waals surface area contributed by atoms with Crippen LogP contribution in [-0.4, -0.2) is 47.4 Å². The molecular formula is C75H147NO5. The molecule has 0 aromatic rings. The van der Waals surface area contributed by atoms with Crippen LogP contribution in [0.3, 0.4) is 0 Å². The number of esters is 1. The number of hydrogen-bond donors (Lipinski definition) is 3. The molecule has 6 nitrogen and oxygen atoms in total. The average molecular weight is 1140 g/mol. The van der Waals surface area contributed by atoms with Crippen molar-refractivity contribution >= 4 is 11.9 Å². The predicted molar refractivity (Wildman–Crippen MR) is 357 cm³/mol. The number of unbranched alkanes of at least 4 members (excludes halogenated alkanes) is 58. The summed E-state index contributed by atoms with van der Waals surface area (Å²) in [6.45, 7) is 5.00. The van der Waals surface area contributed by atoms with E-state index in [2.05, 4.69) is 31.3 Å². The molecule has 0 saturated carbocycles. The molecule has 0 fully saturated rings. The number of allylic oxidation sites excluding steroid dienone is 2. The highest BCUT2D eigenvalue weighted by Crippen LogP contribution is 2.20. The Morgan fingerprint density at radius 2 is 0.580 bits per heavy atom. The average Bonchev–Trinajstić information content (AvgIpc) is 3.47. The van der Waals surface area contributed by atoms with Gasteiger partial charge in [0.15, 0.2) is 0 Å². The Balaban J connectivity index is 3.32. The lowest BCUT2D eigenvalue weighted by molar-refractivity contribution is -0.143. The summed E-state index contributed by atoms with van der Waals surface area (Å²) in [5, 5.41) is 23.3. The molecular weight excluding hydrogens is 995 g/mol. The first-order valence-electron chi connectivity index (χ1n) is 37.4. The van der Waals surface area contributed by atoms with Crippen molar-refractivity contribution in [3.05, 3.63) is 12.2 Å². The molecule has 0 rings (SSSR count). The van der Waals surface area contributed by atoms with Crippen LogP contribution < -0.4 is 5.32 Å². The molecule has 2 unspecified atom stereocenters. The number of ether oxygens (including phenoxy) is 1. The van der Waals surface area contributed by atoms with Crippen LogP contribution in [0, 0.1) is 0 Å². The Kier molecular flexibility index (Phi) is 69.9. The quantitative estimate of drug-likeness (QED) is 0.0320. The minimum atomic E-state index is -0.661. The number of carbonyl (C=O) groups excluding carboxylic acids is 2. The van der Waals surface area contributed by atoms with Crippen LogP contribution in [0.4, 0.5) is 0 Å². The Labute approximate surface area is 508 Å². The maximum Gasteiger partial charge on any atom is 0.305 e. The number of hydrogen-bond acceptors (Lipinski definition) is 5. The van der Waals surface area contributed by atoms with Crippen LogP contribution in [0.1, 0.15) is 431 Å². The van der Waals surface area contributed by atoms with Crippen LogP contribution >= 0.6 is 0 Å². The molecule has 0 aliphatic rings. The van der Waals surface area contributed by atoms with Gasteiger partial charge in [-0.1, -0.05) is 379 Å². The molecule has 482 valence electrons. The minimum Gasteiger partial charge on any atom is -0.466 e. The summed E-state index contributed by atoms with van der Waals surface area (Å²) in [5.41, 5.74) is 0. The van der Waals surface area contributed by atoms with Gasteiger partial charge in [0.05, 0.1) is 25.4 Å². The van der Waals surface area contributed by atoms with Crippen molar-refractivity contribution in [1.82, 2.24) is 5.32 Å². The number of amides is 1. The minimum absolute atomic E-state index is 0.0237. The maximum absolute atomic E-state index is 12.5. The molecule has 3 N–H and O–H groups in total. The van der Waals surface area contributed by atoms with Crippen LogP contribution in [-0.2, 0) is 14.3 Å². The number of aliphatic hydroxyl groups excluding tert-OH is 2. The summed E-state index contributed by atoms with van der Waals surface area (Å²) in [5.74, 6) is -0.00497. The van der Waals surface area contributed by atoms with E-state index in [4.69, 9.17) is 4.74 Å². The molecule has 0 aromatic heterocycles. The maximum atomic E-state index is 12.5. The van der Waals surface area contributed by atoms with Crippen LogP contribution in [0.15, 0.2) is 12.2 Å². The van der Waals surface area contributed by atoms with Crippen molar-refractivity contribution in [3.8, 4) is 0 Å².